The van der Waals surface area contributed by atoms with E-state index in [0.717, 1.165) is 16.9 Å². The minimum absolute atomic E-state index is 0.0447. The van der Waals surface area contributed by atoms with Gasteiger partial charge in [-0.1, -0.05) is 0 Å². The van der Waals surface area contributed by atoms with Crippen molar-refractivity contribution >= 4 is 23.2 Å². The van der Waals surface area contributed by atoms with Crippen LogP contribution in [0.4, 0.5) is 0 Å². The maximum atomic E-state index is 12.5. The zero-order valence-corrected chi connectivity index (χ0v) is 12.4. The van der Waals surface area contributed by atoms with Crippen LogP contribution in [0.25, 0.3) is 0 Å². The van der Waals surface area contributed by atoms with Crippen LogP contribution in [0.2, 0.25) is 0 Å². The fraction of sp³-hybridized carbons (Fsp3) is 0.571. The van der Waals surface area contributed by atoms with Crippen LogP contribution >= 0.6 is 11.3 Å². The molecule has 0 aliphatic carbocycles. The number of thiophene rings is 1. The standard InChI is InChI=1S/C14H19NO3S/c1-4-18-14(17)11-6-5-7-15(11)13(16)12-8-9(2)10(3)19-12/h8,11H,4-7H2,1-3H3. The molecule has 2 heterocycles. The molecule has 19 heavy (non-hydrogen) atoms. The van der Waals surface area contributed by atoms with Gasteiger partial charge in [0.2, 0.25) is 0 Å². The highest BCUT2D eigenvalue weighted by Crippen LogP contribution is 2.26. The van der Waals surface area contributed by atoms with Gasteiger partial charge in [-0.05, 0) is 45.2 Å². The SMILES string of the molecule is CCOC(=O)C1CCCN1C(=O)c1cc(C)c(C)s1. The van der Waals surface area contributed by atoms with E-state index in [0.29, 0.717) is 24.4 Å². The number of amides is 1. The van der Waals surface area contributed by atoms with E-state index in [1.165, 1.54) is 11.3 Å². The Balaban J connectivity index is 2.15. The molecule has 1 unspecified atom stereocenters. The van der Waals surface area contributed by atoms with Crippen molar-refractivity contribution in [3.63, 3.8) is 0 Å². The quantitative estimate of drug-likeness (QED) is 0.800. The van der Waals surface area contributed by atoms with Crippen LogP contribution in [-0.4, -0.2) is 36.0 Å². The molecule has 0 saturated carbocycles. The zero-order chi connectivity index (χ0) is 14.0. The molecule has 1 aromatic rings. The first kappa shape index (κ1) is 14.1. The van der Waals surface area contributed by atoms with E-state index in [-0.39, 0.29) is 11.9 Å². The summed E-state index contributed by atoms with van der Waals surface area (Å²) in [5, 5.41) is 0. The van der Waals surface area contributed by atoms with Gasteiger partial charge in [0.15, 0.2) is 0 Å². The molecule has 0 spiro atoms. The highest BCUT2D eigenvalue weighted by atomic mass is 32.1. The van der Waals surface area contributed by atoms with Crippen LogP contribution < -0.4 is 0 Å². The van der Waals surface area contributed by atoms with E-state index < -0.39 is 6.04 Å². The molecule has 0 radical (unpaired) electrons. The fourth-order valence-electron chi connectivity index (χ4n) is 2.31. The van der Waals surface area contributed by atoms with Crippen LogP contribution in [0, 0.1) is 13.8 Å². The van der Waals surface area contributed by atoms with Gasteiger partial charge in [-0.15, -0.1) is 11.3 Å². The molecule has 4 nitrogen and oxygen atoms in total. The largest absolute Gasteiger partial charge is 0.464 e. The summed E-state index contributed by atoms with van der Waals surface area (Å²) in [7, 11) is 0. The molecule has 1 saturated heterocycles. The number of rotatable bonds is 3. The maximum Gasteiger partial charge on any atom is 0.328 e. The molecule has 1 aliphatic rings. The van der Waals surface area contributed by atoms with Crippen molar-refractivity contribution < 1.29 is 14.3 Å². The van der Waals surface area contributed by atoms with Crippen LogP contribution in [0.3, 0.4) is 0 Å². The summed E-state index contributed by atoms with van der Waals surface area (Å²) in [4.78, 5) is 27.8. The molecule has 1 atom stereocenters. The summed E-state index contributed by atoms with van der Waals surface area (Å²) in [6.07, 6.45) is 1.56. The van der Waals surface area contributed by atoms with Crippen molar-refractivity contribution in [2.24, 2.45) is 0 Å². The van der Waals surface area contributed by atoms with Gasteiger partial charge in [-0.25, -0.2) is 4.79 Å². The van der Waals surface area contributed by atoms with Gasteiger partial charge in [0.05, 0.1) is 11.5 Å². The topological polar surface area (TPSA) is 46.6 Å². The third kappa shape index (κ3) is 2.81. The molecule has 0 bridgehead atoms. The predicted octanol–water partition coefficient (Wildman–Crippen LogP) is 2.53. The number of hydrogen-bond donors (Lipinski definition) is 0. The lowest BCUT2D eigenvalue weighted by atomic mass is 10.2. The molecule has 5 heteroatoms. The highest BCUT2D eigenvalue weighted by molar-refractivity contribution is 7.14. The molecule has 104 valence electrons. The number of ether oxygens (including phenoxy) is 1. The van der Waals surface area contributed by atoms with Gasteiger partial charge in [0, 0.05) is 11.4 Å². The number of aryl methyl sites for hydroxylation is 2. The monoisotopic (exact) mass is 281 g/mol. The Labute approximate surface area is 117 Å². The number of carbonyl (C=O) groups is 2. The first-order valence-corrected chi connectivity index (χ1v) is 7.41. The Bertz CT molecular complexity index is 475. The third-order valence-electron chi connectivity index (χ3n) is 3.45. The molecular weight excluding hydrogens is 262 g/mol. The lowest BCUT2D eigenvalue weighted by molar-refractivity contribution is -0.147. The van der Waals surface area contributed by atoms with Gasteiger partial charge in [0.25, 0.3) is 5.91 Å². The summed E-state index contributed by atoms with van der Waals surface area (Å²) in [5.41, 5.74) is 1.13. The molecule has 1 aliphatic heterocycles. The molecule has 2 rings (SSSR count). The van der Waals surface area contributed by atoms with E-state index in [4.69, 9.17) is 4.74 Å². The zero-order valence-electron chi connectivity index (χ0n) is 11.6. The van der Waals surface area contributed by atoms with E-state index >= 15 is 0 Å². The molecule has 0 aromatic carbocycles. The highest BCUT2D eigenvalue weighted by Gasteiger charge is 2.36. The number of carbonyl (C=O) groups excluding carboxylic acids is 2. The Hall–Kier alpha value is -1.36. The Morgan fingerprint density at radius 3 is 2.79 bits per heavy atom. The second-order valence-corrected chi connectivity index (χ2v) is 6.01. The van der Waals surface area contributed by atoms with Gasteiger partial charge in [0.1, 0.15) is 6.04 Å². The lowest BCUT2D eigenvalue weighted by Gasteiger charge is -2.22. The summed E-state index contributed by atoms with van der Waals surface area (Å²) in [6, 6.07) is 1.50. The van der Waals surface area contributed by atoms with Gasteiger partial charge >= 0.3 is 5.97 Å². The van der Waals surface area contributed by atoms with Gasteiger partial charge in [-0.2, -0.15) is 0 Å². The van der Waals surface area contributed by atoms with Crippen LogP contribution in [0.15, 0.2) is 6.07 Å². The summed E-state index contributed by atoms with van der Waals surface area (Å²) in [6.45, 7) is 6.77. The van der Waals surface area contributed by atoms with E-state index in [2.05, 4.69) is 0 Å². The van der Waals surface area contributed by atoms with Crippen molar-refractivity contribution in [3.8, 4) is 0 Å². The smallest absolute Gasteiger partial charge is 0.328 e. The van der Waals surface area contributed by atoms with E-state index in [9.17, 15) is 9.59 Å². The summed E-state index contributed by atoms with van der Waals surface area (Å²) in [5.74, 6) is -0.324. The minimum atomic E-state index is -0.407. The maximum absolute atomic E-state index is 12.5. The molecular formula is C14H19NO3S. The first-order valence-electron chi connectivity index (χ1n) is 6.59. The van der Waals surface area contributed by atoms with E-state index in [1.54, 1.807) is 11.8 Å². The average Bonchev–Trinajstić information content (AvgIpc) is 2.97. The molecule has 0 N–H and O–H groups in total. The van der Waals surface area contributed by atoms with Crippen LogP contribution in [-0.2, 0) is 9.53 Å². The van der Waals surface area contributed by atoms with Crippen LogP contribution in [0.1, 0.15) is 39.9 Å². The van der Waals surface area contributed by atoms with Crippen molar-refractivity contribution in [2.75, 3.05) is 13.2 Å². The number of esters is 1. The first-order chi connectivity index (χ1) is 9.04. The molecule has 1 aromatic heterocycles. The molecule has 1 amide bonds. The van der Waals surface area contributed by atoms with Gasteiger partial charge < -0.3 is 9.64 Å². The van der Waals surface area contributed by atoms with Crippen molar-refractivity contribution in [1.29, 1.82) is 0 Å². The average molecular weight is 281 g/mol. The minimum Gasteiger partial charge on any atom is -0.464 e. The number of hydrogen-bond acceptors (Lipinski definition) is 4. The summed E-state index contributed by atoms with van der Waals surface area (Å²) >= 11 is 1.49. The van der Waals surface area contributed by atoms with Crippen molar-refractivity contribution in [3.05, 3.63) is 21.4 Å². The van der Waals surface area contributed by atoms with Crippen molar-refractivity contribution in [2.45, 2.75) is 39.7 Å². The normalized spacial score (nSPS) is 18.7. The van der Waals surface area contributed by atoms with Gasteiger partial charge in [-0.3, -0.25) is 4.79 Å². The van der Waals surface area contributed by atoms with Crippen LogP contribution in [0.5, 0.6) is 0 Å². The predicted molar refractivity (Wildman–Crippen MR) is 74.5 cm³/mol. The number of nitrogens with zero attached hydrogens (tertiary/aromatic N) is 1. The Kier molecular flexibility index (Phi) is 4.24. The fourth-order valence-corrected chi connectivity index (χ4v) is 3.30. The Morgan fingerprint density at radius 2 is 2.21 bits per heavy atom. The second-order valence-electron chi connectivity index (χ2n) is 4.76. The van der Waals surface area contributed by atoms with E-state index in [1.807, 2.05) is 19.9 Å². The second kappa shape index (κ2) is 5.74. The Morgan fingerprint density at radius 1 is 1.47 bits per heavy atom. The lowest BCUT2D eigenvalue weighted by Crippen LogP contribution is -2.41. The third-order valence-corrected chi connectivity index (χ3v) is 4.59. The summed E-state index contributed by atoms with van der Waals surface area (Å²) < 4.78 is 5.04. The molecule has 1 fully saturated rings. The van der Waals surface area contributed by atoms with Crippen molar-refractivity contribution in [1.82, 2.24) is 4.90 Å². The number of likely N-dealkylation sites (tertiary alicyclic amines) is 1.